The van der Waals surface area contributed by atoms with E-state index < -0.39 is 17.6 Å². The molecule has 2 rings (SSSR count). The van der Waals surface area contributed by atoms with Crippen LogP contribution in [0.5, 0.6) is 0 Å². The molecule has 6 nitrogen and oxygen atoms in total. The number of hydrogen-bond acceptors (Lipinski definition) is 4. The Labute approximate surface area is 162 Å². The quantitative estimate of drug-likeness (QED) is 0.704. The van der Waals surface area contributed by atoms with E-state index in [0.717, 1.165) is 0 Å². The van der Waals surface area contributed by atoms with Crippen molar-refractivity contribution in [1.82, 2.24) is 10.2 Å². The van der Waals surface area contributed by atoms with Crippen LogP contribution < -0.4 is 11.1 Å². The Bertz CT molecular complexity index is 601. The van der Waals surface area contributed by atoms with Gasteiger partial charge in [-0.1, -0.05) is 33.8 Å². The van der Waals surface area contributed by atoms with Crippen molar-refractivity contribution in [2.75, 3.05) is 6.54 Å². The largest absolute Gasteiger partial charge is 0.341 e. The first-order chi connectivity index (χ1) is 11.4. The molecule has 0 spiro atoms. The average molecular weight is 386 g/mol. The van der Waals surface area contributed by atoms with Gasteiger partial charge in [-0.15, -0.1) is 19.0 Å². The van der Waals surface area contributed by atoms with Crippen molar-refractivity contribution in [2.24, 2.45) is 23.0 Å². The number of ketones is 1. The van der Waals surface area contributed by atoms with E-state index in [1.165, 1.54) is 6.92 Å². The molecule has 148 valence electrons. The molecule has 5 atom stereocenters. The van der Waals surface area contributed by atoms with Gasteiger partial charge in [0.1, 0.15) is 11.6 Å². The van der Waals surface area contributed by atoms with Gasteiger partial charge in [0.15, 0.2) is 5.78 Å². The molecule has 1 aliphatic carbocycles. The first kappa shape index (κ1) is 22.6. The standard InChI is InChI=1S/C19H31N3O3.ClH/c1-7-13-9-19(13,12(3)23)21-16(24)14-8-11(2)10-22(14)17(25)15(20)18(4,5)6;/h7,11,13-15H,1,8-10,20H2,2-6H3,(H,21,24);1H/t11-,13-,14+,15-,19+;/m1./s1. The van der Waals surface area contributed by atoms with Crippen LogP contribution in [0.3, 0.4) is 0 Å². The molecule has 1 saturated carbocycles. The molecular formula is C19H32ClN3O3. The number of nitrogens with one attached hydrogen (secondary N) is 1. The molecule has 2 amide bonds. The fraction of sp³-hybridized carbons (Fsp3) is 0.737. The summed E-state index contributed by atoms with van der Waals surface area (Å²) in [4.78, 5) is 39.3. The third-order valence-corrected chi connectivity index (χ3v) is 5.57. The molecule has 7 heteroatoms. The SMILES string of the molecule is C=C[C@@H]1C[C@]1(NC(=O)[C@@H]1C[C@@H](C)CN1C(=O)[C@@H](N)C(C)(C)C)C(C)=O.Cl. The Morgan fingerprint density at radius 2 is 1.92 bits per heavy atom. The number of halogens is 1. The summed E-state index contributed by atoms with van der Waals surface area (Å²) < 4.78 is 0. The van der Waals surface area contributed by atoms with Crippen LogP contribution in [0.25, 0.3) is 0 Å². The lowest BCUT2D eigenvalue weighted by Gasteiger charge is -2.33. The Morgan fingerprint density at radius 1 is 1.35 bits per heavy atom. The number of nitrogens with two attached hydrogens (primary N) is 1. The van der Waals surface area contributed by atoms with Crippen molar-refractivity contribution in [3.05, 3.63) is 12.7 Å². The lowest BCUT2D eigenvalue weighted by atomic mass is 9.86. The van der Waals surface area contributed by atoms with Crippen molar-refractivity contribution < 1.29 is 14.4 Å². The zero-order chi connectivity index (χ0) is 19.2. The van der Waals surface area contributed by atoms with Crippen molar-refractivity contribution in [3.8, 4) is 0 Å². The van der Waals surface area contributed by atoms with Gasteiger partial charge in [-0.05, 0) is 31.1 Å². The number of likely N-dealkylation sites (tertiary alicyclic amines) is 1. The Morgan fingerprint density at radius 3 is 2.35 bits per heavy atom. The minimum atomic E-state index is -0.842. The molecule has 2 aliphatic rings. The van der Waals surface area contributed by atoms with Crippen LogP contribution in [-0.4, -0.2) is 46.7 Å². The molecule has 1 aliphatic heterocycles. The van der Waals surface area contributed by atoms with Gasteiger partial charge in [-0.3, -0.25) is 14.4 Å². The number of carbonyl (C=O) groups is 3. The maximum atomic E-state index is 12.9. The molecule has 0 radical (unpaired) electrons. The summed E-state index contributed by atoms with van der Waals surface area (Å²) >= 11 is 0. The molecule has 1 saturated heterocycles. The van der Waals surface area contributed by atoms with Gasteiger partial charge in [0.25, 0.3) is 0 Å². The van der Waals surface area contributed by atoms with Crippen LogP contribution in [0.1, 0.15) is 47.5 Å². The molecule has 1 heterocycles. The van der Waals surface area contributed by atoms with Crippen molar-refractivity contribution in [3.63, 3.8) is 0 Å². The Balaban J connectivity index is 0.00000338. The summed E-state index contributed by atoms with van der Waals surface area (Å²) in [5, 5.41) is 2.90. The van der Waals surface area contributed by atoms with Crippen LogP contribution in [0.4, 0.5) is 0 Å². The third kappa shape index (κ3) is 4.12. The van der Waals surface area contributed by atoms with E-state index in [1.54, 1.807) is 11.0 Å². The van der Waals surface area contributed by atoms with E-state index in [9.17, 15) is 14.4 Å². The highest BCUT2D eigenvalue weighted by Crippen LogP contribution is 2.45. The summed E-state index contributed by atoms with van der Waals surface area (Å²) in [5.41, 5.74) is 4.90. The number of hydrogen-bond donors (Lipinski definition) is 2. The van der Waals surface area contributed by atoms with Crippen LogP contribution >= 0.6 is 12.4 Å². The van der Waals surface area contributed by atoms with E-state index in [4.69, 9.17) is 5.73 Å². The van der Waals surface area contributed by atoms with E-state index in [2.05, 4.69) is 11.9 Å². The molecule has 2 fully saturated rings. The smallest absolute Gasteiger partial charge is 0.243 e. The maximum absolute atomic E-state index is 12.9. The summed E-state index contributed by atoms with van der Waals surface area (Å²) in [6.45, 7) is 13.5. The second-order valence-corrected chi connectivity index (χ2v) is 8.75. The van der Waals surface area contributed by atoms with Crippen LogP contribution in [0.2, 0.25) is 0 Å². The van der Waals surface area contributed by atoms with Gasteiger partial charge in [0, 0.05) is 12.5 Å². The highest BCUT2D eigenvalue weighted by atomic mass is 35.5. The van der Waals surface area contributed by atoms with E-state index >= 15 is 0 Å². The maximum Gasteiger partial charge on any atom is 0.243 e. The van der Waals surface area contributed by atoms with Crippen molar-refractivity contribution in [1.29, 1.82) is 0 Å². The second-order valence-electron chi connectivity index (χ2n) is 8.75. The predicted molar refractivity (Wildman–Crippen MR) is 104 cm³/mol. The van der Waals surface area contributed by atoms with Crippen molar-refractivity contribution >= 4 is 30.0 Å². The minimum Gasteiger partial charge on any atom is -0.341 e. The fourth-order valence-electron chi connectivity index (χ4n) is 3.60. The highest BCUT2D eigenvalue weighted by molar-refractivity contribution is 5.98. The summed E-state index contributed by atoms with van der Waals surface area (Å²) in [5.74, 6) is -0.354. The van der Waals surface area contributed by atoms with Gasteiger partial charge in [0.2, 0.25) is 11.8 Å². The van der Waals surface area contributed by atoms with Crippen molar-refractivity contribution in [2.45, 2.75) is 65.1 Å². The Hall–Kier alpha value is -1.40. The molecule has 0 aromatic heterocycles. The highest BCUT2D eigenvalue weighted by Gasteiger charge is 2.58. The monoisotopic (exact) mass is 385 g/mol. The lowest BCUT2D eigenvalue weighted by Crippen LogP contribution is -2.57. The van der Waals surface area contributed by atoms with Gasteiger partial charge in [-0.2, -0.15) is 0 Å². The summed E-state index contributed by atoms with van der Waals surface area (Å²) in [7, 11) is 0. The Kier molecular flexibility index (Phi) is 6.69. The third-order valence-electron chi connectivity index (χ3n) is 5.57. The summed E-state index contributed by atoms with van der Waals surface area (Å²) in [6, 6.07) is -1.24. The van der Waals surface area contributed by atoms with Crippen LogP contribution in [-0.2, 0) is 14.4 Å². The van der Waals surface area contributed by atoms with E-state index in [0.29, 0.717) is 19.4 Å². The molecular weight excluding hydrogens is 354 g/mol. The minimum absolute atomic E-state index is 0. The van der Waals surface area contributed by atoms with Gasteiger partial charge in [-0.25, -0.2) is 0 Å². The van der Waals surface area contributed by atoms with Gasteiger partial charge >= 0.3 is 0 Å². The zero-order valence-electron chi connectivity index (χ0n) is 16.4. The lowest BCUT2D eigenvalue weighted by molar-refractivity contribution is -0.142. The zero-order valence-corrected chi connectivity index (χ0v) is 17.2. The van der Waals surface area contributed by atoms with Crippen LogP contribution in [0.15, 0.2) is 12.7 Å². The number of amides is 2. The van der Waals surface area contributed by atoms with E-state index in [1.807, 2.05) is 27.7 Å². The number of Topliss-reactive ketones (excluding diaryl/α,β-unsaturated/α-hetero) is 1. The van der Waals surface area contributed by atoms with Crippen LogP contribution in [0, 0.1) is 17.3 Å². The number of nitrogens with zero attached hydrogens (tertiary/aromatic N) is 1. The first-order valence-electron chi connectivity index (χ1n) is 8.95. The molecule has 3 N–H and O–H groups in total. The number of rotatable bonds is 5. The normalized spacial score (nSPS) is 31.6. The fourth-order valence-corrected chi connectivity index (χ4v) is 3.60. The molecule has 0 aromatic carbocycles. The topological polar surface area (TPSA) is 92.5 Å². The average Bonchev–Trinajstić information content (AvgIpc) is 3.09. The predicted octanol–water partition coefficient (Wildman–Crippen LogP) is 1.67. The summed E-state index contributed by atoms with van der Waals surface area (Å²) in [6.07, 6.45) is 2.87. The first-order valence-corrected chi connectivity index (χ1v) is 8.95. The molecule has 0 aromatic rings. The van der Waals surface area contributed by atoms with Gasteiger partial charge in [0.05, 0.1) is 6.04 Å². The molecule has 26 heavy (non-hydrogen) atoms. The molecule has 0 unspecified atom stereocenters. The van der Waals surface area contributed by atoms with E-state index in [-0.39, 0.29) is 47.3 Å². The second kappa shape index (κ2) is 7.69. The number of carbonyl (C=O) groups excluding carboxylic acids is 3. The van der Waals surface area contributed by atoms with Gasteiger partial charge < -0.3 is 16.0 Å². The molecule has 0 bridgehead atoms.